The van der Waals surface area contributed by atoms with Crippen LogP contribution < -0.4 is 4.90 Å². The molecular weight excluding hydrogens is 272 g/mol. The Hall–Kier alpha value is -2.15. The van der Waals surface area contributed by atoms with Crippen LogP contribution in [0.25, 0.3) is 11.0 Å². The van der Waals surface area contributed by atoms with Gasteiger partial charge in [0, 0.05) is 20.3 Å². The number of aliphatic hydroxyl groups excluding tert-OH is 1. The van der Waals surface area contributed by atoms with Crippen molar-refractivity contribution in [1.29, 1.82) is 0 Å². The maximum absolute atomic E-state index is 11.5. The number of aromatic carboxylic acids is 1. The van der Waals surface area contributed by atoms with E-state index in [9.17, 15) is 15.0 Å². The molecule has 0 aliphatic rings. The fourth-order valence-electron chi connectivity index (χ4n) is 2.31. The Kier molecular flexibility index (Phi) is 3.63. The van der Waals surface area contributed by atoms with Gasteiger partial charge in [-0.15, -0.1) is 0 Å². The highest BCUT2D eigenvalue weighted by molar-refractivity contribution is 6.05. The molecule has 0 bridgehead atoms. The monoisotopic (exact) mass is 292 g/mol. The molecule has 0 saturated carbocycles. The number of hydrogen-bond donors (Lipinski definition) is 2. The Labute approximate surface area is 122 Å². The van der Waals surface area contributed by atoms with Crippen molar-refractivity contribution in [3.05, 3.63) is 17.5 Å². The van der Waals surface area contributed by atoms with Gasteiger partial charge in [0.15, 0.2) is 5.65 Å². The number of pyridine rings is 1. The molecule has 21 heavy (non-hydrogen) atoms. The summed E-state index contributed by atoms with van der Waals surface area (Å²) in [6.45, 7) is 5.40. The molecule has 0 unspecified atom stereocenters. The van der Waals surface area contributed by atoms with Crippen LogP contribution >= 0.6 is 0 Å². The van der Waals surface area contributed by atoms with Crippen LogP contribution in [0.15, 0.2) is 6.20 Å². The summed E-state index contributed by atoms with van der Waals surface area (Å²) in [5.41, 5.74) is 1.34. The lowest BCUT2D eigenvalue weighted by atomic mass is 10.0. The van der Waals surface area contributed by atoms with E-state index in [1.54, 1.807) is 23.7 Å². The zero-order chi connectivity index (χ0) is 15.9. The molecule has 0 spiro atoms. The van der Waals surface area contributed by atoms with Crippen molar-refractivity contribution in [3.8, 4) is 0 Å². The van der Waals surface area contributed by atoms with Crippen LogP contribution in [0.2, 0.25) is 0 Å². The molecule has 0 fully saturated rings. The van der Waals surface area contributed by atoms with Gasteiger partial charge in [0.25, 0.3) is 0 Å². The zero-order valence-corrected chi connectivity index (χ0v) is 12.9. The quantitative estimate of drug-likeness (QED) is 0.879. The number of carboxylic acid groups (broad SMARTS) is 1. The molecular formula is C14H20N4O3. The Balaban J connectivity index is 2.85. The largest absolute Gasteiger partial charge is 0.478 e. The van der Waals surface area contributed by atoms with E-state index in [0.717, 1.165) is 0 Å². The van der Waals surface area contributed by atoms with Crippen molar-refractivity contribution >= 4 is 22.7 Å². The minimum Gasteiger partial charge on any atom is -0.478 e. The minimum atomic E-state index is -1.05. The maximum atomic E-state index is 11.5. The number of anilines is 1. The van der Waals surface area contributed by atoms with E-state index in [0.29, 0.717) is 22.4 Å². The molecule has 7 nitrogen and oxygen atoms in total. The Morgan fingerprint density at radius 1 is 1.48 bits per heavy atom. The third-order valence-electron chi connectivity index (χ3n) is 3.86. The summed E-state index contributed by atoms with van der Waals surface area (Å²) in [5.74, 6) is -1.05. The van der Waals surface area contributed by atoms with E-state index >= 15 is 0 Å². The van der Waals surface area contributed by atoms with Crippen LogP contribution in [-0.2, 0) is 7.05 Å². The molecule has 0 atom stereocenters. The first-order chi connectivity index (χ1) is 9.70. The van der Waals surface area contributed by atoms with Gasteiger partial charge < -0.3 is 15.1 Å². The van der Waals surface area contributed by atoms with E-state index in [2.05, 4.69) is 10.1 Å². The average molecular weight is 292 g/mol. The van der Waals surface area contributed by atoms with Crippen LogP contribution in [0.4, 0.5) is 5.69 Å². The van der Waals surface area contributed by atoms with Crippen LogP contribution in [0, 0.1) is 6.92 Å². The Morgan fingerprint density at radius 2 is 2.10 bits per heavy atom. The lowest BCUT2D eigenvalue weighted by molar-refractivity contribution is 0.0697. The smallest absolute Gasteiger partial charge is 0.339 e. The van der Waals surface area contributed by atoms with Gasteiger partial charge in [0.2, 0.25) is 0 Å². The predicted octanol–water partition coefficient (Wildman–Crippen LogP) is 1.18. The number of carbonyl (C=O) groups is 1. The molecule has 7 heteroatoms. The zero-order valence-electron chi connectivity index (χ0n) is 12.9. The van der Waals surface area contributed by atoms with Gasteiger partial charge in [-0.1, -0.05) is 0 Å². The van der Waals surface area contributed by atoms with Crippen molar-refractivity contribution in [2.75, 3.05) is 18.6 Å². The SMILES string of the molecule is Cc1nn(C)c2ncc(C(=O)O)c(N(C)C(C)(C)CO)c12. The minimum absolute atomic E-state index is 0.0997. The number of fused-ring (bicyclic) bond motifs is 1. The van der Waals surface area contributed by atoms with Crippen LogP contribution in [0.1, 0.15) is 29.9 Å². The summed E-state index contributed by atoms with van der Waals surface area (Å²) in [6.07, 6.45) is 1.34. The molecule has 2 heterocycles. The van der Waals surface area contributed by atoms with Gasteiger partial charge in [-0.25, -0.2) is 9.78 Å². The molecule has 0 aliphatic carbocycles. The molecule has 0 saturated heterocycles. The normalized spacial score (nSPS) is 11.9. The number of likely N-dealkylation sites (N-methyl/N-ethyl adjacent to an activating group) is 1. The van der Waals surface area contributed by atoms with Crippen molar-refractivity contribution in [2.24, 2.45) is 7.05 Å². The number of aromatic nitrogens is 3. The predicted molar refractivity (Wildman–Crippen MR) is 79.8 cm³/mol. The molecule has 2 N–H and O–H groups in total. The Bertz CT molecular complexity index is 706. The molecule has 0 aliphatic heterocycles. The number of nitrogens with zero attached hydrogens (tertiary/aromatic N) is 4. The first-order valence-electron chi connectivity index (χ1n) is 6.61. The van der Waals surface area contributed by atoms with Gasteiger partial charge in [-0.05, 0) is 20.8 Å². The number of carboxylic acids is 1. The van der Waals surface area contributed by atoms with Crippen molar-refractivity contribution in [1.82, 2.24) is 14.8 Å². The molecule has 114 valence electrons. The van der Waals surface area contributed by atoms with Crippen molar-refractivity contribution in [3.63, 3.8) is 0 Å². The third-order valence-corrected chi connectivity index (χ3v) is 3.86. The first-order valence-corrected chi connectivity index (χ1v) is 6.61. The van der Waals surface area contributed by atoms with Gasteiger partial charge in [-0.2, -0.15) is 5.10 Å². The van der Waals surface area contributed by atoms with E-state index in [4.69, 9.17) is 0 Å². The number of aryl methyl sites for hydroxylation is 2. The lowest BCUT2D eigenvalue weighted by Gasteiger charge is -2.37. The fourth-order valence-corrected chi connectivity index (χ4v) is 2.31. The average Bonchev–Trinajstić information content (AvgIpc) is 2.72. The summed E-state index contributed by atoms with van der Waals surface area (Å²) >= 11 is 0. The summed E-state index contributed by atoms with van der Waals surface area (Å²) < 4.78 is 1.62. The molecule has 0 radical (unpaired) electrons. The highest BCUT2D eigenvalue weighted by Gasteiger charge is 2.30. The van der Waals surface area contributed by atoms with Gasteiger partial charge >= 0.3 is 5.97 Å². The second kappa shape index (κ2) is 5.00. The van der Waals surface area contributed by atoms with E-state index in [-0.39, 0.29) is 12.2 Å². The first kappa shape index (κ1) is 15.2. The molecule has 0 amide bonds. The number of aliphatic hydroxyl groups is 1. The second-order valence-corrected chi connectivity index (χ2v) is 5.76. The summed E-state index contributed by atoms with van der Waals surface area (Å²) in [6, 6.07) is 0. The topological polar surface area (TPSA) is 91.5 Å². The van der Waals surface area contributed by atoms with Crippen LogP contribution in [0.3, 0.4) is 0 Å². The lowest BCUT2D eigenvalue weighted by Crippen LogP contribution is -2.45. The summed E-state index contributed by atoms with van der Waals surface area (Å²) in [5, 5.41) is 24.0. The highest BCUT2D eigenvalue weighted by atomic mass is 16.4. The Morgan fingerprint density at radius 3 is 2.62 bits per heavy atom. The molecule has 0 aromatic carbocycles. The van der Waals surface area contributed by atoms with Gasteiger partial charge in [0.1, 0.15) is 5.56 Å². The fraction of sp³-hybridized carbons (Fsp3) is 0.500. The van der Waals surface area contributed by atoms with E-state index in [1.807, 2.05) is 20.8 Å². The maximum Gasteiger partial charge on any atom is 0.339 e. The third kappa shape index (κ3) is 2.33. The van der Waals surface area contributed by atoms with E-state index < -0.39 is 11.5 Å². The molecule has 2 aromatic rings. The van der Waals surface area contributed by atoms with E-state index in [1.165, 1.54) is 6.20 Å². The standard InChI is InChI=1S/C14H20N4O3/c1-8-10-11(17(4)14(2,3)7-19)9(13(20)21)6-15-12(10)18(5)16-8/h6,19H,7H2,1-5H3,(H,20,21). The van der Waals surface area contributed by atoms with Gasteiger partial charge in [0.05, 0.1) is 28.9 Å². The number of rotatable bonds is 4. The summed E-state index contributed by atoms with van der Waals surface area (Å²) in [4.78, 5) is 17.5. The van der Waals surface area contributed by atoms with Crippen LogP contribution in [-0.4, -0.2) is 50.1 Å². The number of hydrogen-bond acceptors (Lipinski definition) is 5. The van der Waals surface area contributed by atoms with Crippen LogP contribution in [0.5, 0.6) is 0 Å². The summed E-state index contributed by atoms with van der Waals surface area (Å²) in [7, 11) is 3.54. The van der Waals surface area contributed by atoms with Crippen molar-refractivity contribution in [2.45, 2.75) is 26.3 Å². The molecule has 2 aromatic heterocycles. The van der Waals surface area contributed by atoms with Crippen molar-refractivity contribution < 1.29 is 15.0 Å². The second-order valence-electron chi connectivity index (χ2n) is 5.76. The highest BCUT2D eigenvalue weighted by Crippen LogP contribution is 2.34. The van der Waals surface area contributed by atoms with Gasteiger partial charge in [-0.3, -0.25) is 4.68 Å². The molecule has 2 rings (SSSR count).